The largest absolute Gasteiger partial charge is 0.416 e. The molecule has 0 bridgehead atoms. The first-order valence-electron chi connectivity index (χ1n) is 6.12. The van der Waals surface area contributed by atoms with Crippen molar-refractivity contribution in [3.8, 4) is 0 Å². The number of rotatable bonds is 3. The van der Waals surface area contributed by atoms with Crippen molar-refractivity contribution >= 4 is 28.6 Å². The van der Waals surface area contributed by atoms with Crippen LogP contribution in [0.25, 0.3) is 0 Å². The Balaban J connectivity index is 2.30. The lowest BCUT2D eigenvalue weighted by Crippen LogP contribution is -2.12. The Morgan fingerprint density at radius 3 is 2.24 bits per heavy atom. The van der Waals surface area contributed by atoms with E-state index in [9.17, 15) is 13.2 Å². The molecule has 0 unspecified atom stereocenters. The predicted octanol–water partition coefficient (Wildman–Crippen LogP) is 4.39. The summed E-state index contributed by atoms with van der Waals surface area (Å²) in [4.78, 5) is 0.226. The van der Waals surface area contributed by atoms with Gasteiger partial charge in [0.2, 0.25) is 0 Å². The van der Waals surface area contributed by atoms with Crippen LogP contribution in [0, 0.1) is 6.92 Å². The van der Waals surface area contributed by atoms with Crippen LogP contribution in [-0.4, -0.2) is 4.99 Å². The number of halogens is 3. The Kier molecular flexibility index (Phi) is 4.18. The lowest BCUT2D eigenvalue weighted by molar-refractivity contribution is -0.137. The van der Waals surface area contributed by atoms with Crippen molar-refractivity contribution in [3.05, 3.63) is 59.2 Å². The van der Waals surface area contributed by atoms with E-state index in [0.29, 0.717) is 16.9 Å². The highest BCUT2D eigenvalue weighted by Gasteiger charge is 2.29. The molecule has 0 aliphatic heterocycles. The van der Waals surface area contributed by atoms with Gasteiger partial charge < -0.3 is 11.1 Å². The van der Waals surface area contributed by atoms with E-state index >= 15 is 0 Å². The molecule has 0 saturated heterocycles. The maximum atomic E-state index is 12.5. The molecule has 0 aromatic heterocycles. The summed E-state index contributed by atoms with van der Waals surface area (Å²) in [5, 5.41) is 3.04. The van der Waals surface area contributed by atoms with E-state index in [1.807, 2.05) is 19.1 Å². The summed E-state index contributed by atoms with van der Waals surface area (Å²) in [5.74, 6) is 0. The number of hydrogen-bond acceptors (Lipinski definition) is 2. The number of alkyl halides is 3. The molecule has 6 heteroatoms. The zero-order valence-corrected chi connectivity index (χ0v) is 12.0. The minimum atomic E-state index is -4.34. The van der Waals surface area contributed by atoms with Crippen LogP contribution in [0.15, 0.2) is 42.5 Å². The van der Waals surface area contributed by atoms with Gasteiger partial charge in [0.25, 0.3) is 0 Å². The molecule has 2 aromatic rings. The minimum absolute atomic E-state index is 0.226. The fraction of sp³-hybridized carbons (Fsp3) is 0.133. The third-order valence-electron chi connectivity index (χ3n) is 2.93. The molecule has 0 aliphatic rings. The van der Waals surface area contributed by atoms with E-state index in [1.54, 1.807) is 6.07 Å². The Bertz CT molecular complexity index is 664. The van der Waals surface area contributed by atoms with Crippen LogP contribution in [0.3, 0.4) is 0 Å². The van der Waals surface area contributed by atoms with E-state index in [4.69, 9.17) is 18.0 Å². The summed E-state index contributed by atoms with van der Waals surface area (Å²) in [5.41, 5.74) is 7.80. The molecule has 0 radical (unpaired) electrons. The van der Waals surface area contributed by atoms with E-state index in [0.717, 1.165) is 17.7 Å². The number of nitrogens with two attached hydrogens (primary N) is 1. The fourth-order valence-electron chi connectivity index (χ4n) is 1.87. The van der Waals surface area contributed by atoms with Gasteiger partial charge in [-0.05, 0) is 48.9 Å². The normalized spacial score (nSPS) is 11.2. The van der Waals surface area contributed by atoms with Gasteiger partial charge in [-0.1, -0.05) is 18.3 Å². The van der Waals surface area contributed by atoms with Gasteiger partial charge >= 0.3 is 6.18 Å². The van der Waals surface area contributed by atoms with Crippen LogP contribution in [0.1, 0.15) is 16.7 Å². The van der Waals surface area contributed by atoms with E-state index < -0.39 is 11.7 Å². The van der Waals surface area contributed by atoms with E-state index in [-0.39, 0.29) is 4.99 Å². The van der Waals surface area contributed by atoms with Crippen molar-refractivity contribution < 1.29 is 13.2 Å². The van der Waals surface area contributed by atoms with Crippen molar-refractivity contribution in [3.63, 3.8) is 0 Å². The van der Waals surface area contributed by atoms with E-state index in [1.165, 1.54) is 12.1 Å². The van der Waals surface area contributed by atoms with Gasteiger partial charge in [0.05, 0.1) is 5.56 Å². The van der Waals surface area contributed by atoms with E-state index in [2.05, 4.69) is 5.32 Å². The van der Waals surface area contributed by atoms with Crippen molar-refractivity contribution in [1.82, 2.24) is 0 Å². The number of nitrogens with one attached hydrogen (secondary N) is 1. The SMILES string of the molecule is Cc1ccc(C(N)=S)c(Nc2ccc(C(F)(F)F)cc2)c1. The maximum Gasteiger partial charge on any atom is 0.416 e. The van der Waals surface area contributed by atoms with Crippen molar-refractivity contribution in [2.45, 2.75) is 13.1 Å². The molecule has 0 saturated carbocycles. The summed E-state index contributed by atoms with van der Waals surface area (Å²) in [6.07, 6.45) is -4.34. The Morgan fingerprint density at radius 2 is 1.71 bits per heavy atom. The fourth-order valence-corrected chi connectivity index (χ4v) is 2.05. The quantitative estimate of drug-likeness (QED) is 0.826. The minimum Gasteiger partial charge on any atom is -0.389 e. The highest BCUT2D eigenvalue weighted by molar-refractivity contribution is 7.80. The summed E-state index contributed by atoms with van der Waals surface area (Å²) < 4.78 is 37.5. The van der Waals surface area contributed by atoms with Gasteiger partial charge in [0, 0.05) is 16.9 Å². The van der Waals surface area contributed by atoms with Gasteiger partial charge in [-0.2, -0.15) is 13.2 Å². The monoisotopic (exact) mass is 310 g/mol. The molecule has 0 fully saturated rings. The van der Waals surface area contributed by atoms with Crippen LogP contribution in [-0.2, 0) is 6.18 Å². The smallest absolute Gasteiger partial charge is 0.389 e. The van der Waals surface area contributed by atoms with Crippen LogP contribution in [0.2, 0.25) is 0 Å². The zero-order chi connectivity index (χ0) is 15.6. The average molecular weight is 310 g/mol. The zero-order valence-electron chi connectivity index (χ0n) is 11.2. The number of benzene rings is 2. The van der Waals surface area contributed by atoms with Crippen LogP contribution in [0.4, 0.5) is 24.5 Å². The maximum absolute atomic E-state index is 12.5. The second-order valence-corrected chi connectivity index (χ2v) is 5.05. The van der Waals surface area contributed by atoms with Gasteiger partial charge in [-0.3, -0.25) is 0 Å². The van der Waals surface area contributed by atoms with Gasteiger partial charge in [0.15, 0.2) is 0 Å². The molecule has 2 rings (SSSR count). The lowest BCUT2D eigenvalue weighted by atomic mass is 10.1. The number of thiocarbonyl (C=S) groups is 1. The van der Waals surface area contributed by atoms with Crippen molar-refractivity contribution in [2.24, 2.45) is 5.73 Å². The first-order chi connectivity index (χ1) is 9.77. The second-order valence-electron chi connectivity index (χ2n) is 4.61. The first-order valence-corrected chi connectivity index (χ1v) is 6.53. The summed E-state index contributed by atoms with van der Waals surface area (Å²) in [6.45, 7) is 1.90. The standard InChI is InChI=1S/C15H13F3N2S/c1-9-2-7-12(14(19)21)13(8-9)20-11-5-3-10(4-6-11)15(16,17)18/h2-8,20H,1H3,(H2,19,21). The number of hydrogen-bond donors (Lipinski definition) is 2. The van der Waals surface area contributed by atoms with Gasteiger partial charge in [-0.25, -0.2) is 0 Å². The van der Waals surface area contributed by atoms with Crippen molar-refractivity contribution in [2.75, 3.05) is 5.32 Å². The molecule has 3 N–H and O–H groups in total. The molecule has 0 atom stereocenters. The van der Waals surface area contributed by atoms with Gasteiger partial charge in [-0.15, -0.1) is 0 Å². The molecule has 0 aliphatic carbocycles. The molecular weight excluding hydrogens is 297 g/mol. The third kappa shape index (κ3) is 3.72. The Labute approximate surface area is 125 Å². The molecule has 0 spiro atoms. The van der Waals surface area contributed by atoms with Crippen LogP contribution in [0.5, 0.6) is 0 Å². The van der Waals surface area contributed by atoms with Crippen LogP contribution < -0.4 is 11.1 Å². The summed E-state index contributed by atoms with van der Waals surface area (Å²) >= 11 is 4.97. The molecule has 21 heavy (non-hydrogen) atoms. The topological polar surface area (TPSA) is 38.0 Å². The summed E-state index contributed by atoms with van der Waals surface area (Å²) in [7, 11) is 0. The Hall–Kier alpha value is -2.08. The molecule has 2 nitrogen and oxygen atoms in total. The number of aryl methyl sites for hydroxylation is 1. The molecule has 2 aromatic carbocycles. The van der Waals surface area contributed by atoms with Crippen LogP contribution >= 0.6 is 12.2 Å². The predicted molar refractivity (Wildman–Crippen MR) is 81.8 cm³/mol. The number of anilines is 2. The third-order valence-corrected chi connectivity index (χ3v) is 3.15. The second kappa shape index (κ2) is 5.73. The molecular formula is C15H13F3N2S. The first kappa shape index (κ1) is 15.3. The summed E-state index contributed by atoms with van der Waals surface area (Å²) in [6, 6.07) is 10.3. The van der Waals surface area contributed by atoms with Crippen molar-refractivity contribution in [1.29, 1.82) is 0 Å². The Morgan fingerprint density at radius 1 is 1.10 bits per heavy atom. The van der Waals surface area contributed by atoms with Gasteiger partial charge in [0.1, 0.15) is 4.99 Å². The molecule has 0 heterocycles. The molecule has 110 valence electrons. The average Bonchev–Trinajstić information content (AvgIpc) is 2.38. The molecule has 0 amide bonds. The highest BCUT2D eigenvalue weighted by Crippen LogP contribution is 2.30. The lowest BCUT2D eigenvalue weighted by Gasteiger charge is -2.13. The highest BCUT2D eigenvalue weighted by atomic mass is 32.1.